The second-order valence-corrected chi connectivity index (χ2v) is 7.90. The van der Waals surface area contributed by atoms with E-state index in [9.17, 15) is 4.79 Å². The highest BCUT2D eigenvalue weighted by molar-refractivity contribution is 6.00. The zero-order chi connectivity index (χ0) is 19.0. The third kappa shape index (κ3) is 3.21. The summed E-state index contributed by atoms with van der Waals surface area (Å²) in [6, 6.07) is 23.5. The van der Waals surface area contributed by atoms with Crippen molar-refractivity contribution < 1.29 is 9.53 Å². The van der Waals surface area contributed by atoms with Gasteiger partial charge in [0.05, 0.1) is 5.92 Å². The molecule has 1 aliphatic heterocycles. The Bertz CT molecular complexity index is 956. The van der Waals surface area contributed by atoms with Crippen molar-refractivity contribution in [3.8, 4) is 11.5 Å². The molecule has 0 aliphatic carbocycles. The van der Waals surface area contributed by atoms with Gasteiger partial charge >= 0.3 is 0 Å². The van der Waals surface area contributed by atoms with Crippen molar-refractivity contribution in [2.24, 2.45) is 0 Å². The predicted octanol–water partition coefficient (Wildman–Crippen LogP) is 5.86. The molecule has 1 heterocycles. The molecule has 136 valence electrons. The van der Waals surface area contributed by atoms with Crippen LogP contribution in [0, 0.1) is 0 Å². The van der Waals surface area contributed by atoms with Gasteiger partial charge < -0.3 is 10.1 Å². The molecule has 0 unspecified atom stereocenters. The van der Waals surface area contributed by atoms with Crippen LogP contribution in [0.25, 0.3) is 0 Å². The molecular formula is C24H23NO2. The first-order valence-electron chi connectivity index (χ1n) is 9.21. The van der Waals surface area contributed by atoms with Crippen LogP contribution >= 0.6 is 0 Å². The average Bonchev–Trinajstić information content (AvgIpc) is 2.65. The van der Waals surface area contributed by atoms with Gasteiger partial charge in [-0.05, 0) is 29.2 Å². The Balaban J connectivity index is 1.76. The first-order valence-corrected chi connectivity index (χ1v) is 9.21. The van der Waals surface area contributed by atoms with Gasteiger partial charge in [0.25, 0.3) is 0 Å². The number of hydrogen-bond acceptors (Lipinski definition) is 2. The molecule has 3 aromatic carbocycles. The van der Waals surface area contributed by atoms with Gasteiger partial charge in [-0.15, -0.1) is 0 Å². The van der Waals surface area contributed by atoms with E-state index in [4.69, 9.17) is 4.74 Å². The van der Waals surface area contributed by atoms with Gasteiger partial charge in [-0.1, -0.05) is 75.4 Å². The van der Waals surface area contributed by atoms with Crippen molar-refractivity contribution in [1.82, 2.24) is 0 Å². The maximum absolute atomic E-state index is 13.4. The zero-order valence-corrected chi connectivity index (χ0v) is 15.8. The number of fused-ring (bicyclic) bond motifs is 2. The smallest absolute Gasteiger partial charge is 0.236 e. The Morgan fingerprint density at radius 1 is 0.815 bits per heavy atom. The Morgan fingerprint density at radius 3 is 1.93 bits per heavy atom. The molecule has 1 aliphatic rings. The zero-order valence-electron chi connectivity index (χ0n) is 15.8. The minimum atomic E-state index is -0.404. The molecule has 0 saturated heterocycles. The third-order valence-corrected chi connectivity index (χ3v) is 4.94. The van der Waals surface area contributed by atoms with Gasteiger partial charge in [0.15, 0.2) is 0 Å². The van der Waals surface area contributed by atoms with E-state index in [1.165, 1.54) is 0 Å². The number of carbonyl (C=O) groups excluding carboxylic acids is 1. The average molecular weight is 357 g/mol. The summed E-state index contributed by atoms with van der Waals surface area (Å²) >= 11 is 0. The first kappa shape index (κ1) is 17.3. The highest BCUT2D eigenvalue weighted by Gasteiger charge is 2.33. The van der Waals surface area contributed by atoms with Crippen molar-refractivity contribution in [1.29, 1.82) is 0 Å². The molecule has 0 radical (unpaired) electrons. The SMILES string of the molecule is CC(C)(C)c1ccccc1NC(=O)C1c2ccccc2Oc2ccccc21. The highest BCUT2D eigenvalue weighted by atomic mass is 16.5. The second-order valence-electron chi connectivity index (χ2n) is 7.90. The lowest BCUT2D eigenvalue weighted by Crippen LogP contribution is -2.26. The van der Waals surface area contributed by atoms with Crippen molar-refractivity contribution in [3.05, 3.63) is 89.5 Å². The Hall–Kier alpha value is -3.07. The summed E-state index contributed by atoms with van der Waals surface area (Å²) < 4.78 is 6.01. The highest BCUT2D eigenvalue weighted by Crippen LogP contribution is 2.44. The molecule has 4 rings (SSSR count). The molecule has 0 atom stereocenters. The summed E-state index contributed by atoms with van der Waals surface area (Å²) in [5.74, 6) is 1.02. The third-order valence-electron chi connectivity index (χ3n) is 4.94. The molecule has 0 aromatic heterocycles. The predicted molar refractivity (Wildman–Crippen MR) is 109 cm³/mol. The summed E-state index contributed by atoms with van der Waals surface area (Å²) in [7, 11) is 0. The summed E-state index contributed by atoms with van der Waals surface area (Å²) in [5, 5.41) is 3.17. The quantitative estimate of drug-likeness (QED) is 0.624. The van der Waals surface area contributed by atoms with E-state index >= 15 is 0 Å². The van der Waals surface area contributed by atoms with E-state index < -0.39 is 5.92 Å². The minimum Gasteiger partial charge on any atom is -0.457 e. The fraction of sp³-hybridized carbons (Fsp3) is 0.208. The van der Waals surface area contributed by atoms with Crippen LogP contribution in [0.1, 0.15) is 43.4 Å². The number of carbonyl (C=O) groups is 1. The number of rotatable bonds is 2. The maximum atomic E-state index is 13.4. The summed E-state index contributed by atoms with van der Waals surface area (Å²) in [6.07, 6.45) is 0. The van der Waals surface area contributed by atoms with Crippen LogP contribution in [-0.2, 0) is 10.2 Å². The fourth-order valence-electron chi connectivity index (χ4n) is 3.64. The van der Waals surface area contributed by atoms with E-state index in [0.717, 1.165) is 33.9 Å². The van der Waals surface area contributed by atoms with Crippen LogP contribution in [0.5, 0.6) is 11.5 Å². The molecule has 0 spiro atoms. The number of hydrogen-bond donors (Lipinski definition) is 1. The molecule has 0 bridgehead atoms. The second kappa shape index (κ2) is 6.58. The van der Waals surface area contributed by atoms with E-state index in [-0.39, 0.29) is 11.3 Å². The number of para-hydroxylation sites is 3. The van der Waals surface area contributed by atoms with Gasteiger partial charge in [-0.2, -0.15) is 0 Å². The molecule has 0 saturated carbocycles. The first-order chi connectivity index (χ1) is 12.9. The molecular weight excluding hydrogens is 334 g/mol. The summed E-state index contributed by atoms with van der Waals surface area (Å²) in [4.78, 5) is 13.4. The molecule has 27 heavy (non-hydrogen) atoms. The fourth-order valence-corrected chi connectivity index (χ4v) is 3.64. The van der Waals surface area contributed by atoms with Crippen LogP contribution in [0.4, 0.5) is 5.69 Å². The number of ether oxygens (including phenoxy) is 1. The van der Waals surface area contributed by atoms with E-state index in [0.29, 0.717) is 0 Å². The number of benzene rings is 3. The summed E-state index contributed by atoms with van der Waals surface area (Å²) in [5.41, 5.74) is 3.70. The molecule has 3 heteroatoms. The van der Waals surface area contributed by atoms with Crippen LogP contribution < -0.4 is 10.1 Å². The van der Waals surface area contributed by atoms with Crippen LogP contribution in [0.2, 0.25) is 0 Å². The van der Waals surface area contributed by atoms with Crippen molar-refractivity contribution in [3.63, 3.8) is 0 Å². The lowest BCUT2D eigenvalue weighted by atomic mass is 9.84. The number of nitrogens with one attached hydrogen (secondary N) is 1. The standard InChI is InChI=1S/C24H23NO2/c1-24(2,3)18-12-6-7-13-19(18)25-23(26)22-16-10-4-8-14-20(16)27-21-15-9-5-11-17(21)22/h4-15,22H,1-3H3,(H,25,26). The van der Waals surface area contributed by atoms with Gasteiger partial charge in [0.1, 0.15) is 11.5 Å². The molecule has 1 N–H and O–H groups in total. The van der Waals surface area contributed by atoms with E-state index in [1.54, 1.807) is 0 Å². The van der Waals surface area contributed by atoms with Gasteiger partial charge in [-0.25, -0.2) is 0 Å². The van der Waals surface area contributed by atoms with Crippen molar-refractivity contribution >= 4 is 11.6 Å². The number of anilines is 1. The van der Waals surface area contributed by atoms with Crippen molar-refractivity contribution in [2.75, 3.05) is 5.32 Å². The minimum absolute atomic E-state index is 0.0464. The monoisotopic (exact) mass is 357 g/mol. The van der Waals surface area contributed by atoms with E-state index in [2.05, 4.69) is 32.2 Å². The van der Waals surface area contributed by atoms with Crippen LogP contribution in [-0.4, -0.2) is 5.91 Å². The Kier molecular flexibility index (Phi) is 4.23. The molecule has 1 amide bonds. The number of amides is 1. The maximum Gasteiger partial charge on any atom is 0.236 e. The van der Waals surface area contributed by atoms with E-state index in [1.807, 2.05) is 66.7 Å². The largest absolute Gasteiger partial charge is 0.457 e. The van der Waals surface area contributed by atoms with Gasteiger partial charge in [-0.3, -0.25) is 4.79 Å². The normalized spacial score (nSPS) is 13.3. The van der Waals surface area contributed by atoms with Gasteiger partial charge in [0, 0.05) is 16.8 Å². The summed E-state index contributed by atoms with van der Waals surface area (Å²) in [6.45, 7) is 6.45. The topological polar surface area (TPSA) is 38.3 Å². The molecule has 0 fully saturated rings. The Labute approximate surface area is 160 Å². The lowest BCUT2D eigenvalue weighted by molar-refractivity contribution is -0.116. The van der Waals surface area contributed by atoms with Crippen LogP contribution in [0.3, 0.4) is 0 Å². The molecule has 3 aromatic rings. The molecule has 3 nitrogen and oxygen atoms in total. The van der Waals surface area contributed by atoms with Gasteiger partial charge in [0.2, 0.25) is 5.91 Å². The Morgan fingerprint density at radius 2 is 1.33 bits per heavy atom. The van der Waals surface area contributed by atoms with Crippen LogP contribution in [0.15, 0.2) is 72.8 Å². The van der Waals surface area contributed by atoms with Crippen molar-refractivity contribution in [2.45, 2.75) is 32.1 Å². The lowest BCUT2D eigenvalue weighted by Gasteiger charge is -2.28.